The summed E-state index contributed by atoms with van der Waals surface area (Å²) < 4.78 is 0. The lowest BCUT2D eigenvalue weighted by atomic mass is 10.1. The van der Waals surface area contributed by atoms with Gasteiger partial charge in [0.15, 0.2) is 0 Å². The van der Waals surface area contributed by atoms with Crippen molar-refractivity contribution in [3.8, 4) is 0 Å². The molecule has 1 aromatic rings. The first-order chi connectivity index (χ1) is 6.75. The summed E-state index contributed by atoms with van der Waals surface area (Å²) in [6.07, 6.45) is 0. The molecule has 0 fully saturated rings. The minimum atomic E-state index is -0.466. The highest BCUT2D eigenvalue weighted by Crippen LogP contribution is 2.22. The molecule has 14 heavy (non-hydrogen) atoms. The number of rotatable bonds is 2. The number of carbonyl (C=O) groups excluding carboxylic acids is 2. The van der Waals surface area contributed by atoms with E-state index in [-0.39, 0.29) is 6.07 Å². The second-order valence-corrected chi connectivity index (χ2v) is 2.91. The average molecular weight is 212 g/mol. The molecule has 0 saturated heterocycles. The van der Waals surface area contributed by atoms with Crippen molar-refractivity contribution in [1.29, 1.82) is 0 Å². The van der Waals surface area contributed by atoms with E-state index in [2.05, 4.69) is 0 Å². The van der Waals surface area contributed by atoms with Gasteiger partial charge in [-0.3, -0.25) is 9.59 Å². The minimum Gasteiger partial charge on any atom is -0.266 e. The largest absolute Gasteiger partial charge is 0.285 e. The molecular formula is C9H6ClNO3. The van der Waals surface area contributed by atoms with Crippen LogP contribution in [0, 0.1) is 0 Å². The number of amides is 2. The third-order valence-electron chi connectivity index (χ3n) is 1.93. The predicted octanol–water partition coefficient (Wildman–Crippen LogP) is 1.41. The van der Waals surface area contributed by atoms with Gasteiger partial charge in [0, 0.05) is 0 Å². The Bertz CT molecular complexity index is 370. The van der Waals surface area contributed by atoms with Crippen molar-refractivity contribution >= 4 is 23.4 Å². The van der Waals surface area contributed by atoms with Gasteiger partial charge in [0.25, 0.3) is 11.8 Å². The van der Waals surface area contributed by atoms with Gasteiger partial charge in [0.1, 0.15) is 6.07 Å². The lowest BCUT2D eigenvalue weighted by Gasteiger charge is -2.09. The molecule has 1 aliphatic heterocycles. The van der Waals surface area contributed by atoms with Crippen LogP contribution in [-0.4, -0.2) is 22.9 Å². The Kier molecular flexibility index (Phi) is 2.23. The van der Waals surface area contributed by atoms with Crippen LogP contribution in [0.4, 0.5) is 0 Å². The van der Waals surface area contributed by atoms with Gasteiger partial charge in [-0.15, -0.1) is 5.06 Å². The number of nitrogens with zero attached hydrogens (tertiary/aromatic N) is 1. The summed E-state index contributed by atoms with van der Waals surface area (Å²) >= 11 is 5.29. The van der Waals surface area contributed by atoms with Crippen LogP contribution in [0.25, 0.3) is 0 Å². The molecule has 1 aliphatic rings. The van der Waals surface area contributed by atoms with E-state index >= 15 is 0 Å². The quantitative estimate of drug-likeness (QED) is 0.549. The Morgan fingerprint density at radius 1 is 1.14 bits per heavy atom. The molecule has 4 nitrogen and oxygen atoms in total. The molecule has 0 spiro atoms. The number of imide groups is 1. The van der Waals surface area contributed by atoms with Gasteiger partial charge >= 0.3 is 0 Å². The first kappa shape index (κ1) is 9.18. The summed E-state index contributed by atoms with van der Waals surface area (Å²) in [6, 6.07) is 6.30. The maximum atomic E-state index is 11.5. The molecular weight excluding hydrogens is 206 g/mol. The Morgan fingerprint density at radius 3 is 2.07 bits per heavy atom. The van der Waals surface area contributed by atoms with Gasteiger partial charge in [-0.1, -0.05) is 23.7 Å². The zero-order valence-corrected chi connectivity index (χ0v) is 7.82. The molecule has 0 radical (unpaired) electrons. The molecule has 0 unspecified atom stereocenters. The second-order valence-electron chi connectivity index (χ2n) is 2.69. The van der Waals surface area contributed by atoms with E-state index in [0.29, 0.717) is 16.2 Å². The molecule has 1 aromatic carbocycles. The van der Waals surface area contributed by atoms with Crippen LogP contribution in [0.2, 0.25) is 0 Å². The monoisotopic (exact) mass is 211 g/mol. The van der Waals surface area contributed by atoms with Gasteiger partial charge in [-0.05, 0) is 12.1 Å². The van der Waals surface area contributed by atoms with Gasteiger partial charge in [0.2, 0.25) is 0 Å². The Labute approximate surface area is 85.0 Å². The minimum absolute atomic E-state index is 0.231. The molecule has 72 valence electrons. The fraction of sp³-hybridized carbons (Fsp3) is 0.111. The van der Waals surface area contributed by atoms with E-state index in [4.69, 9.17) is 16.4 Å². The number of hydrogen-bond acceptors (Lipinski definition) is 3. The van der Waals surface area contributed by atoms with Crippen LogP contribution in [-0.2, 0) is 4.84 Å². The van der Waals surface area contributed by atoms with E-state index in [1.165, 1.54) is 0 Å². The molecule has 1 heterocycles. The normalized spacial score (nSPS) is 14.8. The summed E-state index contributed by atoms with van der Waals surface area (Å²) in [7, 11) is 0. The van der Waals surface area contributed by atoms with Crippen molar-refractivity contribution in [1.82, 2.24) is 5.06 Å². The lowest BCUT2D eigenvalue weighted by molar-refractivity contribution is -0.0731. The van der Waals surface area contributed by atoms with E-state index in [1.807, 2.05) is 0 Å². The zero-order chi connectivity index (χ0) is 10.1. The zero-order valence-electron chi connectivity index (χ0n) is 7.07. The predicted molar refractivity (Wildman–Crippen MR) is 48.7 cm³/mol. The molecule has 2 rings (SSSR count). The second kappa shape index (κ2) is 3.40. The SMILES string of the molecule is O=C1c2ccccc2C(=O)N1OCCl. The van der Waals surface area contributed by atoms with Crippen LogP contribution < -0.4 is 0 Å². The average Bonchev–Trinajstić information content (AvgIpc) is 2.45. The number of alkyl halides is 1. The van der Waals surface area contributed by atoms with E-state index in [0.717, 1.165) is 0 Å². The van der Waals surface area contributed by atoms with Crippen LogP contribution in [0.15, 0.2) is 24.3 Å². The fourth-order valence-corrected chi connectivity index (χ4v) is 1.43. The highest BCUT2D eigenvalue weighted by atomic mass is 35.5. The summed E-state index contributed by atoms with van der Waals surface area (Å²) in [4.78, 5) is 27.7. The number of hydroxylamine groups is 2. The van der Waals surface area contributed by atoms with Crippen molar-refractivity contribution in [2.75, 3.05) is 6.07 Å². The summed E-state index contributed by atoms with van der Waals surface area (Å²) in [5, 5.41) is 0.678. The van der Waals surface area contributed by atoms with Crippen molar-refractivity contribution in [3.05, 3.63) is 35.4 Å². The molecule has 0 aliphatic carbocycles. The first-order valence-electron chi connectivity index (χ1n) is 3.92. The highest BCUT2D eigenvalue weighted by Gasteiger charge is 2.36. The molecule has 0 aromatic heterocycles. The van der Waals surface area contributed by atoms with Crippen LogP contribution >= 0.6 is 11.6 Å². The maximum absolute atomic E-state index is 11.5. The number of carbonyl (C=O) groups is 2. The Balaban J connectivity index is 2.43. The smallest absolute Gasteiger partial charge is 0.266 e. The third kappa shape index (κ3) is 1.20. The molecule has 0 atom stereocenters. The van der Waals surface area contributed by atoms with Crippen LogP contribution in [0.5, 0.6) is 0 Å². The summed E-state index contributed by atoms with van der Waals surface area (Å²) in [6.45, 7) is 0. The molecule has 0 bridgehead atoms. The van der Waals surface area contributed by atoms with Crippen molar-refractivity contribution < 1.29 is 14.4 Å². The van der Waals surface area contributed by atoms with E-state index < -0.39 is 11.8 Å². The summed E-state index contributed by atoms with van der Waals surface area (Å²) in [5.41, 5.74) is 0.699. The van der Waals surface area contributed by atoms with Gasteiger partial charge in [-0.2, -0.15) is 0 Å². The molecule has 2 amide bonds. The van der Waals surface area contributed by atoms with Gasteiger partial charge < -0.3 is 0 Å². The van der Waals surface area contributed by atoms with Crippen molar-refractivity contribution in [3.63, 3.8) is 0 Å². The van der Waals surface area contributed by atoms with E-state index in [1.54, 1.807) is 24.3 Å². The topological polar surface area (TPSA) is 46.6 Å². The molecule has 5 heteroatoms. The van der Waals surface area contributed by atoms with Gasteiger partial charge in [-0.25, -0.2) is 4.84 Å². The van der Waals surface area contributed by atoms with Crippen molar-refractivity contribution in [2.45, 2.75) is 0 Å². The fourth-order valence-electron chi connectivity index (χ4n) is 1.33. The first-order valence-corrected chi connectivity index (χ1v) is 4.46. The molecule has 0 N–H and O–H groups in total. The molecule has 0 saturated carbocycles. The summed E-state index contributed by atoms with van der Waals surface area (Å²) in [5.74, 6) is -0.933. The maximum Gasteiger partial charge on any atom is 0.285 e. The number of fused-ring (bicyclic) bond motifs is 1. The Morgan fingerprint density at radius 2 is 1.64 bits per heavy atom. The Hall–Kier alpha value is -1.39. The van der Waals surface area contributed by atoms with Crippen LogP contribution in [0.1, 0.15) is 20.7 Å². The van der Waals surface area contributed by atoms with E-state index in [9.17, 15) is 9.59 Å². The number of benzene rings is 1. The third-order valence-corrected chi connectivity index (χ3v) is 2.03. The number of hydrogen-bond donors (Lipinski definition) is 0. The number of halogens is 1. The lowest BCUT2D eigenvalue weighted by Crippen LogP contribution is -2.29. The van der Waals surface area contributed by atoms with Crippen molar-refractivity contribution in [2.24, 2.45) is 0 Å². The van der Waals surface area contributed by atoms with Gasteiger partial charge in [0.05, 0.1) is 11.1 Å². The van der Waals surface area contributed by atoms with Crippen LogP contribution in [0.3, 0.4) is 0 Å². The highest BCUT2D eigenvalue weighted by molar-refractivity contribution is 6.21. The standard InChI is InChI=1S/C9H6ClNO3/c10-5-14-11-8(12)6-3-1-2-4-7(6)9(11)13/h1-4H,5H2.